The Labute approximate surface area is 183 Å². The summed E-state index contributed by atoms with van der Waals surface area (Å²) in [5, 5.41) is 21.7. The second-order valence-electron chi connectivity index (χ2n) is 8.13. The topological polar surface area (TPSA) is 101 Å². The van der Waals surface area contributed by atoms with Gasteiger partial charge in [0.1, 0.15) is 5.82 Å². The molecule has 2 N–H and O–H groups in total. The number of tetrazole rings is 1. The molecule has 1 saturated carbocycles. The number of nitrogens with zero attached hydrogens (tertiary/aromatic N) is 5. The Bertz CT molecular complexity index is 1290. The van der Waals surface area contributed by atoms with Crippen LogP contribution in [0.25, 0.3) is 17.1 Å². The number of hydrogen-bond acceptors (Lipinski definition) is 5. The van der Waals surface area contributed by atoms with Gasteiger partial charge in [-0.05, 0) is 66.8 Å². The van der Waals surface area contributed by atoms with Crippen molar-refractivity contribution in [2.75, 3.05) is 5.32 Å². The van der Waals surface area contributed by atoms with Crippen LogP contribution in [0.5, 0.6) is 0 Å². The molecule has 32 heavy (non-hydrogen) atoms. The van der Waals surface area contributed by atoms with Crippen molar-refractivity contribution in [3.8, 4) is 17.1 Å². The van der Waals surface area contributed by atoms with Crippen molar-refractivity contribution in [1.29, 1.82) is 0 Å². The molecule has 2 aromatic carbocycles. The molecule has 0 radical (unpaired) electrons. The predicted octanol–water partition coefficient (Wildman–Crippen LogP) is 3.73. The molecular formula is C23H22FN7O. The first kappa shape index (κ1) is 20.0. The zero-order valence-corrected chi connectivity index (χ0v) is 17.8. The van der Waals surface area contributed by atoms with E-state index >= 15 is 0 Å². The third-order valence-electron chi connectivity index (χ3n) is 5.96. The molecule has 0 unspecified atom stereocenters. The quantitative estimate of drug-likeness (QED) is 0.484. The molecule has 0 bridgehead atoms. The molecule has 0 aliphatic heterocycles. The molecule has 1 fully saturated rings. The molecule has 5 rings (SSSR count). The van der Waals surface area contributed by atoms with Crippen LogP contribution in [0.2, 0.25) is 0 Å². The van der Waals surface area contributed by atoms with Crippen LogP contribution < -0.4 is 5.32 Å². The van der Waals surface area contributed by atoms with Gasteiger partial charge in [0.15, 0.2) is 0 Å². The second kappa shape index (κ2) is 7.67. The smallest absolute Gasteiger partial charge is 0.235 e. The van der Waals surface area contributed by atoms with E-state index in [4.69, 9.17) is 0 Å². The van der Waals surface area contributed by atoms with Gasteiger partial charge in [-0.15, -0.1) is 10.2 Å². The molecule has 1 aliphatic carbocycles. The number of rotatable bonds is 6. The summed E-state index contributed by atoms with van der Waals surface area (Å²) < 4.78 is 16.3. The molecule has 2 aromatic heterocycles. The van der Waals surface area contributed by atoms with Gasteiger partial charge in [0, 0.05) is 17.4 Å². The van der Waals surface area contributed by atoms with Gasteiger partial charge in [-0.2, -0.15) is 10.3 Å². The fourth-order valence-corrected chi connectivity index (χ4v) is 3.95. The number of aryl methyl sites for hydroxylation is 2. The maximum atomic E-state index is 14.6. The summed E-state index contributed by atoms with van der Waals surface area (Å²) in [6, 6.07) is 10.5. The fraction of sp³-hybridized carbons (Fsp3) is 0.261. The molecule has 0 atom stereocenters. The van der Waals surface area contributed by atoms with Gasteiger partial charge in [-0.3, -0.25) is 4.79 Å². The van der Waals surface area contributed by atoms with Crippen LogP contribution in [0, 0.1) is 12.7 Å². The van der Waals surface area contributed by atoms with E-state index in [9.17, 15) is 9.18 Å². The van der Waals surface area contributed by atoms with E-state index in [1.165, 1.54) is 6.07 Å². The third-order valence-corrected chi connectivity index (χ3v) is 5.96. The number of aromatic amines is 1. The molecule has 0 spiro atoms. The van der Waals surface area contributed by atoms with E-state index in [1.54, 1.807) is 22.9 Å². The van der Waals surface area contributed by atoms with Gasteiger partial charge in [0.25, 0.3) is 0 Å². The lowest BCUT2D eigenvalue weighted by Gasteiger charge is -2.18. The number of carbonyl (C=O) groups excluding carboxylic acids is 1. The van der Waals surface area contributed by atoms with Gasteiger partial charge < -0.3 is 5.32 Å². The minimum atomic E-state index is -0.833. The molecule has 4 aromatic rings. The molecular weight excluding hydrogens is 409 g/mol. The van der Waals surface area contributed by atoms with Crippen molar-refractivity contribution in [3.63, 3.8) is 0 Å². The van der Waals surface area contributed by atoms with Gasteiger partial charge in [-0.25, -0.2) is 9.07 Å². The Hall–Kier alpha value is -3.88. The van der Waals surface area contributed by atoms with Crippen LogP contribution in [0.1, 0.15) is 36.5 Å². The third kappa shape index (κ3) is 3.45. The molecule has 162 valence electrons. The second-order valence-corrected chi connectivity index (χ2v) is 8.13. The SMILES string of the molecule is CCc1cnn(-c2ccc(NC(=O)C3(c4ccc(C)cc4F)CC3)cc2-c2nn[nH]n2)c1. The predicted molar refractivity (Wildman–Crippen MR) is 117 cm³/mol. The standard InChI is InChI=1S/C23H22FN7O/c1-3-15-12-25-31(13-15)20-7-5-16(11-17(20)21-27-29-30-28-21)26-22(32)23(8-9-23)18-6-4-14(2)10-19(18)24/h4-7,10-13H,3,8-9H2,1-2H3,(H,26,32)(H,27,28,29,30). The first-order chi connectivity index (χ1) is 15.5. The summed E-state index contributed by atoms with van der Waals surface area (Å²) in [4.78, 5) is 13.2. The van der Waals surface area contributed by atoms with Crippen molar-refractivity contribution in [2.45, 2.75) is 38.5 Å². The Morgan fingerprint density at radius 2 is 2.09 bits per heavy atom. The maximum absolute atomic E-state index is 14.6. The van der Waals surface area contributed by atoms with Crippen LogP contribution >= 0.6 is 0 Å². The summed E-state index contributed by atoms with van der Waals surface area (Å²) in [5.41, 5.74) is 3.52. The Morgan fingerprint density at radius 1 is 1.25 bits per heavy atom. The monoisotopic (exact) mass is 431 g/mol. The average Bonchev–Trinajstić information content (AvgIpc) is 3.19. The minimum absolute atomic E-state index is 0.223. The van der Waals surface area contributed by atoms with Crippen LogP contribution in [0.4, 0.5) is 10.1 Å². The minimum Gasteiger partial charge on any atom is -0.325 e. The zero-order chi connectivity index (χ0) is 22.3. The number of hydrogen-bond donors (Lipinski definition) is 2. The van der Waals surface area contributed by atoms with Crippen molar-refractivity contribution in [2.24, 2.45) is 0 Å². The average molecular weight is 431 g/mol. The van der Waals surface area contributed by atoms with Gasteiger partial charge in [-0.1, -0.05) is 19.1 Å². The van der Waals surface area contributed by atoms with Crippen molar-refractivity contribution in [1.82, 2.24) is 30.4 Å². The highest BCUT2D eigenvalue weighted by Gasteiger charge is 2.52. The number of aromatic nitrogens is 6. The number of benzene rings is 2. The first-order valence-electron chi connectivity index (χ1n) is 10.5. The molecule has 1 aliphatic rings. The normalized spacial score (nSPS) is 14.3. The molecule has 0 saturated heterocycles. The lowest BCUT2D eigenvalue weighted by atomic mass is 9.93. The van der Waals surface area contributed by atoms with Crippen LogP contribution in [0.3, 0.4) is 0 Å². The number of amides is 1. The molecule has 1 amide bonds. The van der Waals surface area contributed by atoms with Crippen LogP contribution in [-0.4, -0.2) is 36.3 Å². The fourth-order valence-electron chi connectivity index (χ4n) is 3.95. The highest BCUT2D eigenvalue weighted by atomic mass is 19.1. The summed E-state index contributed by atoms with van der Waals surface area (Å²) in [7, 11) is 0. The van der Waals surface area contributed by atoms with Crippen molar-refractivity contribution >= 4 is 11.6 Å². The Balaban J connectivity index is 1.48. The number of nitrogens with one attached hydrogen (secondary N) is 2. The van der Waals surface area contributed by atoms with E-state index in [0.717, 1.165) is 23.2 Å². The van der Waals surface area contributed by atoms with E-state index in [-0.39, 0.29) is 11.7 Å². The van der Waals surface area contributed by atoms with E-state index in [0.29, 0.717) is 35.5 Å². The van der Waals surface area contributed by atoms with Crippen molar-refractivity contribution in [3.05, 3.63) is 71.3 Å². The van der Waals surface area contributed by atoms with E-state index in [1.807, 2.05) is 31.5 Å². The summed E-state index contributed by atoms with van der Waals surface area (Å²) >= 11 is 0. The van der Waals surface area contributed by atoms with Gasteiger partial charge >= 0.3 is 0 Å². The van der Waals surface area contributed by atoms with Crippen molar-refractivity contribution < 1.29 is 9.18 Å². The summed E-state index contributed by atoms with van der Waals surface area (Å²) in [5.74, 6) is -0.180. The number of anilines is 1. The van der Waals surface area contributed by atoms with E-state index in [2.05, 4.69) is 38.0 Å². The van der Waals surface area contributed by atoms with Gasteiger partial charge in [0.2, 0.25) is 11.7 Å². The zero-order valence-electron chi connectivity index (χ0n) is 17.8. The number of halogens is 1. The molecule has 8 nitrogen and oxygen atoms in total. The Morgan fingerprint density at radius 3 is 2.75 bits per heavy atom. The van der Waals surface area contributed by atoms with Crippen LogP contribution in [0.15, 0.2) is 48.8 Å². The van der Waals surface area contributed by atoms with Gasteiger partial charge in [0.05, 0.1) is 22.9 Å². The van der Waals surface area contributed by atoms with E-state index < -0.39 is 5.41 Å². The lowest BCUT2D eigenvalue weighted by molar-refractivity contribution is -0.118. The largest absolute Gasteiger partial charge is 0.325 e. The Kier molecular flexibility index (Phi) is 4.80. The number of H-pyrrole nitrogens is 1. The lowest BCUT2D eigenvalue weighted by Crippen LogP contribution is -2.28. The highest BCUT2D eigenvalue weighted by Crippen LogP contribution is 2.50. The highest BCUT2D eigenvalue weighted by molar-refractivity contribution is 6.02. The molecule has 2 heterocycles. The van der Waals surface area contributed by atoms with Crippen LogP contribution in [-0.2, 0) is 16.6 Å². The summed E-state index contributed by atoms with van der Waals surface area (Å²) in [6.07, 6.45) is 5.84. The number of carbonyl (C=O) groups is 1. The molecule has 9 heteroatoms. The first-order valence-corrected chi connectivity index (χ1v) is 10.5. The maximum Gasteiger partial charge on any atom is 0.235 e. The summed E-state index contributed by atoms with van der Waals surface area (Å²) in [6.45, 7) is 3.89.